The summed E-state index contributed by atoms with van der Waals surface area (Å²) in [6, 6.07) is 17.0. The highest BCUT2D eigenvalue weighted by molar-refractivity contribution is 7.80. The summed E-state index contributed by atoms with van der Waals surface area (Å²) in [5.41, 5.74) is 1.79. The standard InChI is InChI=1S/C19H20N4OS/c1-3-22(4-2)18-17(15-12-8-9-13-16(15)25)21-23(19(24)20-18)14-10-6-5-7-11-14/h5-13,25H,3-4H2,1-2H3. The fraction of sp³-hybridized carbons (Fsp3) is 0.211. The molecule has 0 radical (unpaired) electrons. The first-order chi connectivity index (χ1) is 12.2. The summed E-state index contributed by atoms with van der Waals surface area (Å²) >= 11 is 4.56. The molecule has 1 aromatic heterocycles. The van der Waals surface area contributed by atoms with Gasteiger partial charge in [-0.2, -0.15) is 14.8 Å². The van der Waals surface area contributed by atoms with Gasteiger partial charge in [-0.25, -0.2) is 4.79 Å². The van der Waals surface area contributed by atoms with Crippen molar-refractivity contribution in [3.8, 4) is 16.9 Å². The van der Waals surface area contributed by atoms with Crippen LogP contribution in [-0.4, -0.2) is 27.9 Å². The third-order valence-corrected chi connectivity index (χ3v) is 4.41. The van der Waals surface area contributed by atoms with Gasteiger partial charge >= 0.3 is 5.69 Å². The van der Waals surface area contributed by atoms with Crippen LogP contribution in [0.5, 0.6) is 0 Å². The van der Waals surface area contributed by atoms with Crippen molar-refractivity contribution < 1.29 is 0 Å². The van der Waals surface area contributed by atoms with Crippen molar-refractivity contribution in [3.63, 3.8) is 0 Å². The van der Waals surface area contributed by atoms with Crippen molar-refractivity contribution in [3.05, 3.63) is 65.1 Å². The quantitative estimate of drug-likeness (QED) is 0.715. The maximum atomic E-state index is 12.6. The number of anilines is 1. The summed E-state index contributed by atoms with van der Waals surface area (Å²) in [5, 5.41) is 4.64. The lowest BCUT2D eigenvalue weighted by Gasteiger charge is -2.22. The van der Waals surface area contributed by atoms with E-state index in [1.54, 1.807) is 0 Å². The lowest BCUT2D eigenvalue weighted by molar-refractivity contribution is 0.742. The topological polar surface area (TPSA) is 51.0 Å². The number of benzene rings is 2. The summed E-state index contributed by atoms with van der Waals surface area (Å²) in [4.78, 5) is 19.8. The first-order valence-electron chi connectivity index (χ1n) is 8.25. The Morgan fingerprint density at radius 3 is 2.28 bits per heavy atom. The Balaban J connectivity index is 2.29. The van der Waals surface area contributed by atoms with E-state index in [4.69, 9.17) is 0 Å². The third kappa shape index (κ3) is 3.44. The minimum absolute atomic E-state index is 0.395. The molecule has 0 amide bonds. The van der Waals surface area contributed by atoms with E-state index < -0.39 is 5.69 Å². The van der Waals surface area contributed by atoms with Crippen LogP contribution >= 0.6 is 12.6 Å². The van der Waals surface area contributed by atoms with E-state index in [0.717, 1.165) is 23.5 Å². The minimum Gasteiger partial charge on any atom is -0.355 e. The molecule has 2 aromatic carbocycles. The maximum absolute atomic E-state index is 12.6. The van der Waals surface area contributed by atoms with Crippen molar-refractivity contribution >= 4 is 18.4 Å². The van der Waals surface area contributed by atoms with Gasteiger partial charge in [-0.1, -0.05) is 36.4 Å². The predicted octanol–water partition coefficient (Wildman–Crippen LogP) is 3.43. The zero-order valence-corrected chi connectivity index (χ0v) is 15.1. The van der Waals surface area contributed by atoms with Crippen molar-refractivity contribution in [1.29, 1.82) is 0 Å². The molecule has 0 spiro atoms. The van der Waals surface area contributed by atoms with Crippen LogP contribution in [0.2, 0.25) is 0 Å². The highest BCUT2D eigenvalue weighted by Crippen LogP contribution is 2.30. The fourth-order valence-corrected chi connectivity index (χ4v) is 2.97. The lowest BCUT2D eigenvalue weighted by Crippen LogP contribution is -2.31. The SMILES string of the molecule is CCN(CC)c1nc(=O)n(-c2ccccc2)nc1-c1ccccc1S. The molecule has 3 aromatic rings. The molecule has 0 aliphatic heterocycles. The fourth-order valence-electron chi connectivity index (χ4n) is 2.71. The molecule has 0 atom stereocenters. The molecular weight excluding hydrogens is 332 g/mol. The van der Waals surface area contributed by atoms with E-state index in [9.17, 15) is 4.79 Å². The second-order valence-corrected chi connectivity index (χ2v) is 5.99. The Kier molecular flexibility index (Phi) is 5.19. The van der Waals surface area contributed by atoms with Gasteiger partial charge in [0.2, 0.25) is 0 Å². The van der Waals surface area contributed by atoms with Crippen molar-refractivity contribution in [2.75, 3.05) is 18.0 Å². The minimum atomic E-state index is -0.395. The molecule has 128 valence electrons. The Labute approximate surface area is 152 Å². The second-order valence-electron chi connectivity index (χ2n) is 5.50. The van der Waals surface area contributed by atoms with Gasteiger partial charge in [-0.3, -0.25) is 0 Å². The highest BCUT2D eigenvalue weighted by atomic mass is 32.1. The number of thiol groups is 1. The Morgan fingerprint density at radius 2 is 1.64 bits per heavy atom. The van der Waals surface area contributed by atoms with Gasteiger partial charge in [0, 0.05) is 23.5 Å². The molecule has 25 heavy (non-hydrogen) atoms. The summed E-state index contributed by atoms with van der Waals surface area (Å²) < 4.78 is 1.34. The molecule has 3 rings (SSSR count). The van der Waals surface area contributed by atoms with E-state index in [2.05, 4.69) is 22.7 Å². The molecule has 6 heteroatoms. The van der Waals surface area contributed by atoms with Gasteiger partial charge in [-0.15, -0.1) is 12.6 Å². The highest BCUT2D eigenvalue weighted by Gasteiger charge is 2.19. The molecule has 5 nitrogen and oxygen atoms in total. The summed E-state index contributed by atoms with van der Waals surface area (Å²) in [6.45, 7) is 5.54. The van der Waals surface area contributed by atoms with Crippen LogP contribution in [0, 0.1) is 0 Å². The third-order valence-electron chi connectivity index (χ3n) is 4.02. The van der Waals surface area contributed by atoms with E-state index in [0.29, 0.717) is 17.2 Å². The smallest absolute Gasteiger partial charge is 0.355 e. The average molecular weight is 352 g/mol. The van der Waals surface area contributed by atoms with Crippen LogP contribution < -0.4 is 10.6 Å². The predicted molar refractivity (Wildman–Crippen MR) is 104 cm³/mol. The number of hydrogen-bond donors (Lipinski definition) is 1. The van der Waals surface area contributed by atoms with Gasteiger partial charge in [0.25, 0.3) is 0 Å². The van der Waals surface area contributed by atoms with Crippen LogP contribution in [0.3, 0.4) is 0 Å². The van der Waals surface area contributed by atoms with Gasteiger partial charge < -0.3 is 4.90 Å². The zero-order chi connectivity index (χ0) is 17.8. The Bertz CT molecular complexity index is 920. The normalized spacial score (nSPS) is 10.7. The molecule has 0 saturated heterocycles. The molecule has 0 aliphatic rings. The van der Waals surface area contributed by atoms with Crippen molar-refractivity contribution in [1.82, 2.24) is 14.8 Å². The van der Waals surface area contributed by atoms with Gasteiger partial charge in [0.1, 0.15) is 5.69 Å². The van der Waals surface area contributed by atoms with E-state index in [-0.39, 0.29) is 0 Å². The lowest BCUT2D eigenvalue weighted by atomic mass is 10.1. The summed E-state index contributed by atoms with van der Waals surface area (Å²) in [6.07, 6.45) is 0. The Hall–Kier alpha value is -2.60. The van der Waals surface area contributed by atoms with E-state index in [1.165, 1.54) is 4.68 Å². The molecular formula is C19H20N4OS. The largest absolute Gasteiger partial charge is 0.370 e. The van der Waals surface area contributed by atoms with Gasteiger partial charge in [0.05, 0.1) is 5.69 Å². The van der Waals surface area contributed by atoms with E-state index in [1.807, 2.05) is 73.3 Å². The maximum Gasteiger partial charge on any atom is 0.370 e. The van der Waals surface area contributed by atoms with Gasteiger partial charge in [-0.05, 0) is 32.0 Å². The average Bonchev–Trinajstić information content (AvgIpc) is 2.64. The molecule has 0 unspecified atom stereocenters. The number of para-hydroxylation sites is 1. The van der Waals surface area contributed by atoms with Crippen LogP contribution in [0.1, 0.15) is 13.8 Å². The first-order valence-corrected chi connectivity index (χ1v) is 8.70. The zero-order valence-electron chi connectivity index (χ0n) is 14.3. The summed E-state index contributed by atoms with van der Waals surface area (Å²) in [7, 11) is 0. The van der Waals surface area contributed by atoms with Crippen molar-refractivity contribution in [2.45, 2.75) is 18.7 Å². The molecule has 0 N–H and O–H groups in total. The molecule has 0 fully saturated rings. The van der Waals surface area contributed by atoms with Crippen LogP contribution in [0.4, 0.5) is 5.82 Å². The van der Waals surface area contributed by atoms with Crippen LogP contribution in [-0.2, 0) is 0 Å². The monoisotopic (exact) mass is 352 g/mol. The van der Waals surface area contributed by atoms with Crippen molar-refractivity contribution in [2.24, 2.45) is 0 Å². The number of nitrogens with zero attached hydrogens (tertiary/aromatic N) is 4. The molecule has 0 saturated carbocycles. The number of hydrogen-bond acceptors (Lipinski definition) is 5. The number of rotatable bonds is 5. The molecule has 0 bridgehead atoms. The number of aromatic nitrogens is 3. The van der Waals surface area contributed by atoms with Gasteiger partial charge in [0.15, 0.2) is 5.82 Å². The van der Waals surface area contributed by atoms with Crippen LogP contribution in [0.25, 0.3) is 16.9 Å². The first kappa shape index (κ1) is 17.2. The molecule has 1 heterocycles. The molecule has 0 aliphatic carbocycles. The second kappa shape index (κ2) is 7.53. The van der Waals surface area contributed by atoms with Crippen LogP contribution in [0.15, 0.2) is 64.3 Å². The Morgan fingerprint density at radius 1 is 1.00 bits per heavy atom. The van der Waals surface area contributed by atoms with E-state index >= 15 is 0 Å². The summed E-state index contributed by atoms with van der Waals surface area (Å²) in [5.74, 6) is 0.587.